The van der Waals surface area contributed by atoms with E-state index in [0.717, 1.165) is 44.5 Å². The average molecular weight is 715 g/mol. The second kappa shape index (κ2) is 13.9. The number of hydrogen-bond acceptors (Lipinski definition) is 1. The van der Waals surface area contributed by atoms with Crippen molar-refractivity contribution in [2.75, 3.05) is 0 Å². The molecule has 1 aliphatic carbocycles. The highest BCUT2D eigenvalue weighted by molar-refractivity contribution is 5.89. The van der Waals surface area contributed by atoms with Gasteiger partial charge in [0.2, 0.25) is 0 Å². The molecule has 0 fully saturated rings. The summed E-state index contributed by atoms with van der Waals surface area (Å²) in [5.74, 6) is 0.241. The van der Waals surface area contributed by atoms with E-state index >= 15 is 0 Å². The Kier molecular flexibility index (Phi) is 8.27. The molecule has 0 saturated carbocycles. The minimum absolute atomic E-state index is 0.241. The lowest BCUT2D eigenvalue weighted by atomic mass is 9.66. The summed E-state index contributed by atoms with van der Waals surface area (Å²) < 4.78 is 0. The van der Waals surface area contributed by atoms with Gasteiger partial charge in [-0.05, 0) is 138 Å². The van der Waals surface area contributed by atoms with E-state index in [-0.39, 0.29) is 5.75 Å². The smallest absolute Gasteiger partial charge is 0.116 e. The Labute approximate surface area is 328 Å². The van der Waals surface area contributed by atoms with Crippen LogP contribution < -0.4 is 0 Å². The van der Waals surface area contributed by atoms with E-state index in [9.17, 15) is 5.11 Å². The van der Waals surface area contributed by atoms with Crippen molar-refractivity contribution in [2.24, 2.45) is 0 Å². The van der Waals surface area contributed by atoms with Crippen molar-refractivity contribution >= 4 is 0 Å². The number of phenolic OH excluding ortho intramolecular Hbond substituents is 1. The van der Waals surface area contributed by atoms with E-state index in [2.05, 4.69) is 206 Å². The molecule has 9 aromatic rings. The molecule has 9 aromatic carbocycles. The first-order valence-electron chi connectivity index (χ1n) is 19.2. The van der Waals surface area contributed by atoms with Crippen LogP contribution in [-0.4, -0.2) is 5.11 Å². The van der Waals surface area contributed by atoms with Gasteiger partial charge >= 0.3 is 0 Å². The summed E-state index contributed by atoms with van der Waals surface area (Å²) in [6, 6.07) is 80.2. The molecule has 56 heavy (non-hydrogen) atoms. The summed E-state index contributed by atoms with van der Waals surface area (Å²) in [5, 5.41) is 11.6. The molecule has 0 heterocycles. The highest BCUT2D eigenvalue weighted by atomic mass is 16.3. The number of phenols is 1. The van der Waals surface area contributed by atoms with Gasteiger partial charge in [0.25, 0.3) is 0 Å². The molecule has 0 aromatic heterocycles. The average Bonchev–Trinajstić information content (AvgIpc) is 3.58. The van der Waals surface area contributed by atoms with Crippen LogP contribution in [0.5, 0.6) is 5.75 Å². The zero-order valence-electron chi connectivity index (χ0n) is 30.8. The molecule has 0 bridgehead atoms. The van der Waals surface area contributed by atoms with E-state index < -0.39 is 5.41 Å². The van der Waals surface area contributed by atoms with Crippen LogP contribution in [0.1, 0.15) is 22.3 Å². The molecule has 0 aliphatic heterocycles. The summed E-state index contributed by atoms with van der Waals surface area (Å²) >= 11 is 0. The van der Waals surface area contributed by atoms with Crippen LogP contribution >= 0.6 is 0 Å². The Bertz CT molecular complexity index is 2710. The van der Waals surface area contributed by atoms with Gasteiger partial charge in [-0.2, -0.15) is 0 Å². The molecule has 0 saturated heterocycles. The number of hydrogen-bond donors (Lipinski definition) is 1. The molecule has 1 nitrogen and oxygen atoms in total. The minimum atomic E-state index is -0.742. The van der Waals surface area contributed by atoms with Gasteiger partial charge in [-0.25, -0.2) is 0 Å². The SMILES string of the molecule is Oc1cc(-c2ccccc2)cc(C2(c3cc(-c4cccc(-c5ccccc5)c4)cc(-c4cccc(-c5ccccc5)c4)c3)c3ccccc3-c3ccccc32)c1. The van der Waals surface area contributed by atoms with Gasteiger partial charge in [-0.1, -0.05) is 176 Å². The van der Waals surface area contributed by atoms with Crippen molar-refractivity contribution in [2.45, 2.75) is 5.41 Å². The van der Waals surface area contributed by atoms with E-state index in [1.54, 1.807) is 0 Å². The van der Waals surface area contributed by atoms with Crippen molar-refractivity contribution < 1.29 is 5.11 Å². The van der Waals surface area contributed by atoms with Crippen LogP contribution in [0.25, 0.3) is 66.8 Å². The van der Waals surface area contributed by atoms with Gasteiger partial charge in [-0.3, -0.25) is 0 Å². The molecule has 1 heteroatoms. The third-order valence-electron chi connectivity index (χ3n) is 11.4. The Balaban J connectivity index is 1.29. The molecule has 1 aliphatic rings. The fourth-order valence-electron chi connectivity index (χ4n) is 8.84. The van der Waals surface area contributed by atoms with Gasteiger partial charge in [0.15, 0.2) is 0 Å². The quantitative estimate of drug-likeness (QED) is 0.174. The maximum atomic E-state index is 11.6. The van der Waals surface area contributed by atoms with Gasteiger partial charge in [-0.15, -0.1) is 0 Å². The molecule has 10 rings (SSSR count). The first-order valence-corrected chi connectivity index (χ1v) is 19.2. The zero-order valence-corrected chi connectivity index (χ0v) is 30.8. The molecule has 0 atom stereocenters. The van der Waals surface area contributed by atoms with Crippen molar-refractivity contribution in [1.82, 2.24) is 0 Å². The number of fused-ring (bicyclic) bond motifs is 3. The van der Waals surface area contributed by atoms with Crippen LogP contribution in [0.4, 0.5) is 0 Å². The number of benzene rings is 9. The van der Waals surface area contributed by atoms with Crippen LogP contribution in [0.2, 0.25) is 0 Å². The van der Waals surface area contributed by atoms with Gasteiger partial charge in [0.1, 0.15) is 5.75 Å². The molecule has 0 spiro atoms. The van der Waals surface area contributed by atoms with Crippen LogP contribution in [0, 0.1) is 0 Å². The predicted octanol–water partition coefficient (Wildman–Crippen LogP) is 14.1. The molecule has 1 N–H and O–H groups in total. The second-order valence-corrected chi connectivity index (χ2v) is 14.7. The normalized spacial score (nSPS) is 12.5. The van der Waals surface area contributed by atoms with E-state index in [1.807, 2.05) is 18.2 Å². The van der Waals surface area contributed by atoms with E-state index in [1.165, 1.54) is 44.5 Å². The second-order valence-electron chi connectivity index (χ2n) is 14.7. The summed E-state index contributed by atoms with van der Waals surface area (Å²) in [7, 11) is 0. The van der Waals surface area contributed by atoms with Crippen molar-refractivity contribution in [3.63, 3.8) is 0 Å². The Morgan fingerprint density at radius 2 is 0.571 bits per heavy atom. The maximum Gasteiger partial charge on any atom is 0.116 e. The number of rotatable bonds is 7. The molecular formula is C55H38O. The fraction of sp³-hybridized carbons (Fsp3) is 0.0182. The van der Waals surface area contributed by atoms with Gasteiger partial charge < -0.3 is 5.11 Å². The van der Waals surface area contributed by atoms with Crippen molar-refractivity contribution in [1.29, 1.82) is 0 Å². The molecule has 0 radical (unpaired) electrons. The van der Waals surface area contributed by atoms with E-state index in [0.29, 0.717) is 0 Å². The molecule has 264 valence electrons. The first-order chi connectivity index (χ1) is 27.6. The largest absolute Gasteiger partial charge is 0.508 e. The molecule has 0 unspecified atom stereocenters. The lowest BCUT2D eigenvalue weighted by molar-refractivity contribution is 0.474. The zero-order chi connectivity index (χ0) is 37.5. The van der Waals surface area contributed by atoms with E-state index in [4.69, 9.17) is 0 Å². The van der Waals surface area contributed by atoms with Crippen LogP contribution in [-0.2, 0) is 5.41 Å². The summed E-state index contributed by atoms with van der Waals surface area (Å²) in [6.45, 7) is 0. The van der Waals surface area contributed by atoms with Gasteiger partial charge in [0, 0.05) is 0 Å². The van der Waals surface area contributed by atoms with Crippen molar-refractivity contribution in [3.8, 4) is 72.5 Å². The minimum Gasteiger partial charge on any atom is -0.508 e. The third kappa shape index (κ3) is 5.73. The summed E-state index contributed by atoms with van der Waals surface area (Å²) in [6.07, 6.45) is 0. The highest BCUT2D eigenvalue weighted by Crippen LogP contribution is 2.57. The Morgan fingerprint density at radius 1 is 0.250 bits per heavy atom. The van der Waals surface area contributed by atoms with Gasteiger partial charge in [0.05, 0.1) is 5.41 Å². The fourth-order valence-corrected chi connectivity index (χ4v) is 8.84. The lowest BCUT2D eigenvalue weighted by Gasteiger charge is -2.35. The summed E-state index contributed by atoms with van der Waals surface area (Å²) in [4.78, 5) is 0. The standard InChI is InChI=1S/C55H38O/c56-50-36-47(40-20-8-3-9-21-40)35-49(37-50)55(53-28-12-10-26-51(53)52-27-11-13-29-54(52)55)48-33-45(43-24-14-22-41(30-43)38-16-4-1-5-17-38)32-46(34-48)44-25-15-23-42(31-44)39-18-6-2-7-19-39/h1-37,56H. The Hall–Kier alpha value is -7.22. The topological polar surface area (TPSA) is 20.2 Å². The van der Waals surface area contributed by atoms with Crippen LogP contribution in [0.15, 0.2) is 224 Å². The molecule has 0 amide bonds. The molecular weight excluding hydrogens is 677 g/mol. The predicted molar refractivity (Wildman–Crippen MR) is 233 cm³/mol. The summed E-state index contributed by atoms with van der Waals surface area (Å²) in [5.41, 5.74) is 17.5. The Morgan fingerprint density at radius 3 is 1.04 bits per heavy atom. The monoisotopic (exact) mass is 714 g/mol. The maximum absolute atomic E-state index is 11.6. The highest BCUT2D eigenvalue weighted by Gasteiger charge is 2.46. The number of aromatic hydroxyl groups is 1. The van der Waals surface area contributed by atoms with Crippen LogP contribution in [0.3, 0.4) is 0 Å². The first kappa shape index (κ1) is 33.4. The lowest BCUT2D eigenvalue weighted by Crippen LogP contribution is -2.29. The third-order valence-corrected chi connectivity index (χ3v) is 11.4. The van der Waals surface area contributed by atoms with Crippen molar-refractivity contribution in [3.05, 3.63) is 247 Å².